The van der Waals surface area contributed by atoms with Crippen molar-refractivity contribution < 1.29 is 14.3 Å². The summed E-state index contributed by atoms with van der Waals surface area (Å²) in [6, 6.07) is 4.89. The molecule has 0 spiro atoms. The summed E-state index contributed by atoms with van der Waals surface area (Å²) in [4.78, 5) is 26.2. The van der Waals surface area contributed by atoms with E-state index in [0.29, 0.717) is 23.5 Å². The molecule has 18 heavy (non-hydrogen) atoms. The van der Waals surface area contributed by atoms with Crippen LogP contribution in [-0.4, -0.2) is 36.4 Å². The highest BCUT2D eigenvalue weighted by Crippen LogP contribution is 2.34. The molecule has 94 valence electrons. The summed E-state index contributed by atoms with van der Waals surface area (Å²) in [6.07, 6.45) is 1.61. The number of hydrogen-bond donors (Lipinski definition) is 1. The lowest BCUT2D eigenvalue weighted by Crippen LogP contribution is -2.40. The molecule has 0 saturated carbocycles. The van der Waals surface area contributed by atoms with E-state index in [1.54, 1.807) is 23.1 Å². The van der Waals surface area contributed by atoms with E-state index in [1.807, 2.05) is 0 Å². The summed E-state index contributed by atoms with van der Waals surface area (Å²) >= 11 is 0. The number of para-hydroxylation sites is 1. The predicted octanol–water partition coefficient (Wildman–Crippen LogP) is 1.25. The molecule has 0 bridgehead atoms. The van der Waals surface area contributed by atoms with Gasteiger partial charge in [-0.3, -0.25) is 9.59 Å². The van der Waals surface area contributed by atoms with Crippen molar-refractivity contribution in [3.63, 3.8) is 0 Å². The Kier molecular flexibility index (Phi) is 2.47. The maximum absolute atomic E-state index is 12.4. The van der Waals surface area contributed by atoms with Crippen LogP contribution in [-0.2, 0) is 4.79 Å². The fourth-order valence-corrected chi connectivity index (χ4v) is 2.65. The Labute approximate surface area is 105 Å². The molecule has 0 aliphatic carbocycles. The highest BCUT2D eigenvalue weighted by molar-refractivity contribution is 6.11. The summed E-state index contributed by atoms with van der Waals surface area (Å²) < 4.78 is 5.20. The Morgan fingerprint density at radius 1 is 1.39 bits per heavy atom. The Hall–Kier alpha value is -2.04. The van der Waals surface area contributed by atoms with E-state index >= 15 is 0 Å². The monoisotopic (exact) mass is 246 g/mol. The zero-order valence-corrected chi connectivity index (χ0v) is 10.1. The summed E-state index contributed by atoms with van der Waals surface area (Å²) in [5.74, 6) is 0.309. The van der Waals surface area contributed by atoms with Crippen molar-refractivity contribution in [1.29, 1.82) is 0 Å². The summed E-state index contributed by atoms with van der Waals surface area (Å²) in [5.41, 5.74) is 0.997. The van der Waals surface area contributed by atoms with Crippen LogP contribution >= 0.6 is 0 Å². The van der Waals surface area contributed by atoms with E-state index in [0.717, 1.165) is 12.8 Å². The standard InChI is InChI=1S/C13H14N2O3/c1-18-10-6-2-4-8-11(10)14-12(16)9-5-3-7-15(9)13(8)17/h2,4,6,9H,3,5,7H2,1H3,(H,14,16)/t9-/m1/s1. The Morgan fingerprint density at radius 3 is 3.00 bits per heavy atom. The molecule has 0 radical (unpaired) electrons. The fraction of sp³-hybridized carbons (Fsp3) is 0.385. The van der Waals surface area contributed by atoms with E-state index in [2.05, 4.69) is 5.32 Å². The zero-order valence-electron chi connectivity index (χ0n) is 10.1. The minimum absolute atomic E-state index is 0.0928. The second-order valence-electron chi connectivity index (χ2n) is 4.53. The normalized spacial score (nSPS) is 22.1. The number of amides is 2. The van der Waals surface area contributed by atoms with Crippen LogP contribution in [0.5, 0.6) is 5.75 Å². The summed E-state index contributed by atoms with van der Waals surface area (Å²) in [5, 5.41) is 2.82. The third kappa shape index (κ3) is 1.47. The lowest BCUT2D eigenvalue weighted by molar-refractivity contribution is -0.119. The molecule has 1 aromatic rings. The molecule has 0 aromatic heterocycles. The quantitative estimate of drug-likeness (QED) is 0.811. The van der Waals surface area contributed by atoms with Gasteiger partial charge in [-0.1, -0.05) is 6.07 Å². The highest BCUT2D eigenvalue weighted by atomic mass is 16.5. The molecule has 2 aliphatic rings. The van der Waals surface area contributed by atoms with Gasteiger partial charge in [-0.05, 0) is 25.0 Å². The number of nitrogens with zero attached hydrogens (tertiary/aromatic N) is 1. The average Bonchev–Trinajstić information content (AvgIpc) is 2.84. The molecule has 1 N–H and O–H groups in total. The first-order valence-electron chi connectivity index (χ1n) is 6.01. The molecule has 1 fully saturated rings. The van der Waals surface area contributed by atoms with Crippen molar-refractivity contribution >= 4 is 17.5 Å². The smallest absolute Gasteiger partial charge is 0.256 e. The van der Waals surface area contributed by atoms with Crippen LogP contribution in [0.1, 0.15) is 23.2 Å². The number of rotatable bonds is 1. The summed E-state index contributed by atoms with van der Waals surface area (Å²) in [7, 11) is 1.53. The van der Waals surface area contributed by atoms with E-state index in [4.69, 9.17) is 4.74 Å². The maximum atomic E-state index is 12.4. The summed E-state index contributed by atoms with van der Waals surface area (Å²) in [6.45, 7) is 0.646. The zero-order chi connectivity index (χ0) is 12.7. The van der Waals surface area contributed by atoms with Crippen LogP contribution < -0.4 is 10.1 Å². The van der Waals surface area contributed by atoms with Crippen LogP contribution in [0.25, 0.3) is 0 Å². The topological polar surface area (TPSA) is 58.6 Å². The van der Waals surface area contributed by atoms with Crippen molar-refractivity contribution in [2.75, 3.05) is 19.0 Å². The van der Waals surface area contributed by atoms with E-state index in [1.165, 1.54) is 7.11 Å². The van der Waals surface area contributed by atoms with Gasteiger partial charge < -0.3 is 15.0 Å². The first-order chi connectivity index (χ1) is 8.72. The van der Waals surface area contributed by atoms with Crippen molar-refractivity contribution in [3.8, 4) is 5.75 Å². The van der Waals surface area contributed by atoms with Gasteiger partial charge in [0, 0.05) is 6.54 Å². The van der Waals surface area contributed by atoms with Crippen molar-refractivity contribution in [1.82, 2.24) is 4.90 Å². The predicted molar refractivity (Wildman–Crippen MR) is 65.7 cm³/mol. The van der Waals surface area contributed by atoms with Gasteiger partial charge in [-0.15, -0.1) is 0 Å². The van der Waals surface area contributed by atoms with Gasteiger partial charge in [0.1, 0.15) is 11.8 Å². The Balaban J connectivity index is 2.14. The van der Waals surface area contributed by atoms with Crippen LogP contribution in [0.15, 0.2) is 18.2 Å². The van der Waals surface area contributed by atoms with Gasteiger partial charge in [0.05, 0.1) is 18.4 Å². The van der Waals surface area contributed by atoms with Crippen LogP contribution in [0.4, 0.5) is 5.69 Å². The van der Waals surface area contributed by atoms with Gasteiger partial charge in [-0.2, -0.15) is 0 Å². The molecule has 2 aliphatic heterocycles. The molecular weight excluding hydrogens is 232 g/mol. The van der Waals surface area contributed by atoms with Gasteiger partial charge in [0.2, 0.25) is 5.91 Å². The molecule has 3 rings (SSSR count). The first-order valence-corrected chi connectivity index (χ1v) is 6.01. The third-order valence-corrected chi connectivity index (χ3v) is 3.54. The Morgan fingerprint density at radius 2 is 2.22 bits per heavy atom. The highest BCUT2D eigenvalue weighted by Gasteiger charge is 2.39. The number of fused-ring (bicyclic) bond motifs is 2. The molecule has 1 atom stereocenters. The number of methoxy groups -OCH3 is 1. The molecular formula is C13H14N2O3. The average molecular weight is 246 g/mol. The number of carbonyl (C=O) groups excluding carboxylic acids is 2. The maximum Gasteiger partial charge on any atom is 0.256 e. The van der Waals surface area contributed by atoms with Gasteiger partial charge in [-0.25, -0.2) is 0 Å². The molecule has 0 unspecified atom stereocenters. The second-order valence-corrected chi connectivity index (χ2v) is 4.53. The molecule has 1 aromatic carbocycles. The number of ether oxygens (including phenoxy) is 1. The number of nitrogens with one attached hydrogen (secondary N) is 1. The van der Waals surface area contributed by atoms with Gasteiger partial charge in [0.15, 0.2) is 0 Å². The van der Waals surface area contributed by atoms with Crippen LogP contribution in [0, 0.1) is 0 Å². The minimum atomic E-state index is -0.338. The first kappa shape index (κ1) is 11.1. The molecule has 1 saturated heterocycles. The minimum Gasteiger partial charge on any atom is -0.495 e. The lowest BCUT2D eigenvalue weighted by atomic mass is 10.1. The van der Waals surface area contributed by atoms with Crippen molar-refractivity contribution in [2.24, 2.45) is 0 Å². The van der Waals surface area contributed by atoms with Crippen LogP contribution in [0.2, 0.25) is 0 Å². The van der Waals surface area contributed by atoms with Crippen molar-refractivity contribution in [3.05, 3.63) is 23.8 Å². The van der Waals surface area contributed by atoms with Gasteiger partial charge >= 0.3 is 0 Å². The molecule has 5 heteroatoms. The van der Waals surface area contributed by atoms with Gasteiger partial charge in [0.25, 0.3) is 5.91 Å². The van der Waals surface area contributed by atoms with E-state index < -0.39 is 0 Å². The van der Waals surface area contributed by atoms with E-state index in [-0.39, 0.29) is 17.9 Å². The largest absolute Gasteiger partial charge is 0.495 e. The molecule has 5 nitrogen and oxygen atoms in total. The second kappa shape index (κ2) is 4.01. The van der Waals surface area contributed by atoms with Crippen LogP contribution in [0.3, 0.4) is 0 Å². The number of carbonyl (C=O) groups is 2. The van der Waals surface area contributed by atoms with E-state index in [9.17, 15) is 9.59 Å². The lowest BCUT2D eigenvalue weighted by Gasteiger charge is -2.19. The SMILES string of the molecule is COc1cccc2c1NC(=O)[C@H]1CCCN1C2=O. The third-order valence-electron chi connectivity index (χ3n) is 3.54. The Bertz CT molecular complexity index is 527. The number of benzene rings is 1. The van der Waals surface area contributed by atoms with Crippen molar-refractivity contribution in [2.45, 2.75) is 18.9 Å². The molecule has 2 heterocycles. The fourth-order valence-electron chi connectivity index (χ4n) is 2.65. The number of hydrogen-bond acceptors (Lipinski definition) is 3. The number of anilines is 1. The molecule has 2 amide bonds.